The molecule has 40 heavy (non-hydrogen) atoms. The Hall–Kier alpha value is -3.68. The number of nitrogens with one attached hydrogen (secondary N) is 1. The van der Waals surface area contributed by atoms with Gasteiger partial charge in [-0.15, -0.1) is 0 Å². The van der Waals surface area contributed by atoms with Crippen molar-refractivity contribution in [3.05, 3.63) is 70.3 Å². The van der Waals surface area contributed by atoms with Gasteiger partial charge >= 0.3 is 0 Å². The molecule has 8 nitrogen and oxygen atoms in total. The number of aliphatic imine (C=N–C) groups is 1. The van der Waals surface area contributed by atoms with E-state index in [2.05, 4.69) is 58.0 Å². The Morgan fingerprint density at radius 2 is 1.70 bits per heavy atom. The maximum atomic E-state index is 14.3. The van der Waals surface area contributed by atoms with Gasteiger partial charge in [0.05, 0.1) is 12.6 Å². The van der Waals surface area contributed by atoms with Crippen LogP contribution < -0.4 is 16.9 Å². The molecule has 0 bridgehead atoms. The van der Waals surface area contributed by atoms with Crippen molar-refractivity contribution in [2.45, 2.75) is 86.4 Å². The first-order chi connectivity index (χ1) is 18.6. The van der Waals surface area contributed by atoms with E-state index in [1.807, 2.05) is 43.0 Å². The highest BCUT2D eigenvalue weighted by Gasteiger charge is 2.48. The van der Waals surface area contributed by atoms with Crippen molar-refractivity contribution in [3.8, 4) is 0 Å². The minimum absolute atomic E-state index is 0.0505. The van der Waals surface area contributed by atoms with Crippen LogP contribution in [0.5, 0.6) is 0 Å². The average Bonchev–Trinajstić information content (AvgIpc) is 3.11. The number of nitrogens with two attached hydrogens (primary N) is 2. The summed E-state index contributed by atoms with van der Waals surface area (Å²) in [5.74, 6) is 5.32. The van der Waals surface area contributed by atoms with Gasteiger partial charge < -0.3 is 21.8 Å². The van der Waals surface area contributed by atoms with Gasteiger partial charge in [-0.2, -0.15) is 5.10 Å². The number of carbonyl (C=O) groups is 2. The van der Waals surface area contributed by atoms with Crippen LogP contribution in [0.2, 0.25) is 0 Å². The second-order valence-electron chi connectivity index (χ2n) is 12.9. The summed E-state index contributed by atoms with van der Waals surface area (Å²) in [6.07, 6.45) is 2.43. The molecule has 2 unspecified atom stereocenters. The molecule has 2 atom stereocenters. The van der Waals surface area contributed by atoms with Gasteiger partial charge in [0.1, 0.15) is 17.2 Å². The zero-order valence-electron chi connectivity index (χ0n) is 25.3. The van der Waals surface area contributed by atoms with Crippen LogP contribution in [0.15, 0.2) is 52.6 Å². The molecule has 0 saturated heterocycles. The first kappa shape index (κ1) is 30.9. The molecular formula is C32H46N6O2. The van der Waals surface area contributed by atoms with Gasteiger partial charge in [-0.25, -0.2) is 0 Å². The van der Waals surface area contributed by atoms with E-state index in [0.717, 1.165) is 41.5 Å². The van der Waals surface area contributed by atoms with E-state index in [1.54, 1.807) is 12.1 Å². The van der Waals surface area contributed by atoms with Gasteiger partial charge in [-0.05, 0) is 81.2 Å². The van der Waals surface area contributed by atoms with E-state index >= 15 is 0 Å². The molecule has 3 rings (SSSR count). The highest BCUT2D eigenvalue weighted by Crippen LogP contribution is 2.42. The molecule has 2 amide bonds. The van der Waals surface area contributed by atoms with Gasteiger partial charge in [0.25, 0.3) is 11.8 Å². The van der Waals surface area contributed by atoms with E-state index in [-0.39, 0.29) is 35.7 Å². The Bertz CT molecular complexity index is 1270. The summed E-state index contributed by atoms with van der Waals surface area (Å²) >= 11 is 0. The van der Waals surface area contributed by atoms with Crippen molar-refractivity contribution in [1.82, 2.24) is 10.2 Å². The Labute approximate surface area is 239 Å². The third-order valence-corrected chi connectivity index (χ3v) is 7.22. The lowest BCUT2D eigenvalue weighted by molar-refractivity contribution is -0.131. The average molecular weight is 547 g/mol. The van der Waals surface area contributed by atoms with Crippen LogP contribution in [0.3, 0.4) is 0 Å². The molecular weight excluding hydrogens is 500 g/mol. The molecule has 2 aromatic rings. The van der Waals surface area contributed by atoms with Crippen LogP contribution in [-0.2, 0) is 4.79 Å². The van der Waals surface area contributed by atoms with E-state index < -0.39 is 5.66 Å². The SMILES string of the molecule is Cc1cc(C)cc(C2=NC(C)(CC(C)C)N(C(CCC(C)(C)C)c3ccc(C(=O)NC/C(N)=N/N)cc3)C2=O)c1. The molecule has 1 aliphatic rings. The molecule has 0 radical (unpaired) electrons. The number of carbonyl (C=O) groups excluding carboxylic acids is 2. The second-order valence-corrected chi connectivity index (χ2v) is 12.9. The predicted molar refractivity (Wildman–Crippen MR) is 163 cm³/mol. The fourth-order valence-corrected chi connectivity index (χ4v) is 5.56. The molecule has 0 saturated carbocycles. The van der Waals surface area contributed by atoms with Crippen molar-refractivity contribution in [3.63, 3.8) is 0 Å². The standard InChI is InChI=1S/C32H46N6O2/c1-20(2)18-32(8)36-28(25-16-21(3)15-22(4)17-25)30(40)38(32)26(13-14-31(5,6)7)23-9-11-24(12-10-23)29(39)35-19-27(33)37-34/h9-12,15-17,20,26H,13-14,18-19,34H2,1-8H3,(H2,33,37)(H,35,39). The van der Waals surface area contributed by atoms with Gasteiger partial charge in [-0.1, -0.05) is 63.9 Å². The van der Waals surface area contributed by atoms with Crippen molar-refractivity contribution in [1.29, 1.82) is 0 Å². The van der Waals surface area contributed by atoms with Crippen molar-refractivity contribution in [2.75, 3.05) is 6.54 Å². The van der Waals surface area contributed by atoms with Crippen molar-refractivity contribution >= 4 is 23.4 Å². The van der Waals surface area contributed by atoms with Crippen LogP contribution in [-0.4, -0.2) is 40.5 Å². The number of amidine groups is 1. The highest BCUT2D eigenvalue weighted by molar-refractivity contribution is 6.46. The summed E-state index contributed by atoms with van der Waals surface area (Å²) in [5, 5.41) is 6.10. The highest BCUT2D eigenvalue weighted by atomic mass is 16.2. The van der Waals surface area contributed by atoms with Crippen LogP contribution in [0.25, 0.3) is 0 Å². The zero-order chi connectivity index (χ0) is 29.8. The van der Waals surface area contributed by atoms with Crippen LogP contribution >= 0.6 is 0 Å². The number of aryl methyl sites for hydroxylation is 2. The fourth-order valence-electron chi connectivity index (χ4n) is 5.56. The van der Waals surface area contributed by atoms with Crippen molar-refractivity contribution in [2.24, 2.45) is 33.0 Å². The maximum Gasteiger partial charge on any atom is 0.275 e. The van der Waals surface area contributed by atoms with Gasteiger partial charge in [0, 0.05) is 11.1 Å². The lowest BCUT2D eigenvalue weighted by Crippen LogP contribution is -2.48. The molecule has 216 valence electrons. The van der Waals surface area contributed by atoms with E-state index in [4.69, 9.17) is 16.6 Å². The molecule has 0 spiro atoms. The van der Waals surface area contributed by atoms with E-state index in [9.17, 15) is 9.59 Å². The minimum atomic E-state index is -0.698. The number of hydrogen-bond acceptors (Lipinski definition) is 5. The largest absolute Gasteiger partial charge is 0.384 e. The third kappa shape index (κ3) is 7.49. The first-order valence-electron chi connectivity index (χ1n) is 14.1. The van der Waals surface area contributed by atoms with Gasteiger partial charge in [-0.3, -0.25) is 14.6 Å². The monoisotopic (exact) mass is 546 g/mol. The quantitative estimate of drug-likeness (QED) is 0.163. The lowest BCUT2D eigenvalue weighted by atomic mass is 9.85. The molecule has 5 N–H and O–H groups in total. The van der Waals surface area contributed by atoms with Crippen LogP contribution in [0, 0.1) is 25.2 Å². The number of rotatable bonds is 10. The minimum Gasteiger partial charge on any atom is -0.384 e. The molecule has 2 aromatic carbocycles. The number of nitrogens with zero attached hydrogens (tertiary/aromatic N) is 3. The zero-order valence-corrected chi connectivity index (χ0v) is 25.3. The number of hydrogen-bond donors (Lipinski definition) is 3. The normalized spacial score (nSPS) is 18.7. The maximum absolute atomic E-state index is 14.3. The Morgan fingerprint density at radius 3 is 2.23 bits per heavy atom. The van der Waals surface area contributed by atoms with Gasteiger partial charge in [0.15, 0.2) is 0 Å². The molecule has 0 fully saturated rings. The first-order valence-corrected chi connectivity index (χ1v) is 14.1. The smallest absolute Gasteiger partial charge is 0.275 e. The molecule has 1 aliphatic heterocycles. The summed E-state index contributed by atoms with van der Waals surface area (Å²) in [6.45, 7) is 17.2. The molecule has 1 heterocycles. The molecule has 0 aliphatic carbocycles. The summed E-state index contributed by atoms with van der Waals surface area (Å²) in [4.78, 5) is 34.1. The number of hydrazone groups is 1. The Kier molecular flexibility index (Phi) is 9.44. The molecule has 8 heteroatoms. The van der Waals surface area contributed by atoms with Crippen LogP contribution in [0.4, 0.5) is 0 Å². The Balaban J connectivity index is 2.04. The lowest BCUT2D eigenvalue weighted by Gasteiger charge is -2.41. The molecule has 0 aromatic heterocycles. The van der Waals surface area contributed by atoms with Crippen LogP contribution in [0.1, 0.15) is 99.5 Å². The number of amides is 2. The topological polar surface area (TPSA) is 126 Å². The fraction of sp³-hybridized carbons (Fsp3) is 0.500. The second kappa shape index (κ2) is 12.2. The van der Waals surface area contributed by atoms with Gasteiger partial charge in [0.2, 0.25) is 0 Å². The Morgan fingerprint density at radius 1 is 1.10 bits per heavy atom. The summed E-state index contributed by atoms with van der Waals surface area (Å²) in [7, 11) is 0. The predicted octanol–water partition coefficient (Wildman–Crippen LogP) is 5.23. The van der Waals surface area contributed by atoms with Crippen molar-refractivity contribution < 1.29 is 9.59 Å². The summed E-state index contributed by atoms with van der Waals surface area (Å²) < 4.78 is 0. The van der Waals surface area contributed by atoms with E-state index in [0.29, 0.717) is 17.2 Å². The summed E-state index contributed by atoms with van der Waals surface area (Å²) in [6, 6.07) is 13.5. The summed E-state index contributed by atoms with van der Waals surface area (Å²) in [5.41, 5.74) is 10.0. The van der Waals surface area contributed by atoms with E-state index in [1.165, 1.54) is 0 Å². The third-order valence-electron chi connectivity index (χ3n) is 7.22. The number of benzene rings is 2.